The van der Waals surface area contributed by atoms with Crippen molar-refractivity contribution in [2.75, 3.05) is 16.8 Å². The van der Waals surface area contributed by atoms with Crippen LogP contribution in [-0.4, -0.2) is 26.0 Å². The summed E-state index contributed by atoms with van der Waals surface area (Å²) in [5.41, 5.74) is 3.50. The molecule has 0 bridgehead atoms. The molecule has 1 heterocycles. The molecule has 1 aromatic rings. The molecule has 0 unspecified atom stereocenters. The number of rotatable bonds is 2. The van der Waals surface area contributed by atoms with Gasteiger partial charge in [-0.2, -0.15) is 0 Å². The lowest BCUT2D eigenvalue weighted by Crippen LogP contribution is -2.20. The topological polar surface area (TPSA) is 46.2 Å². The van der Waals surface area contributed by atoms with Gasteiger partial charge in [0.05, 0.1) is 11.5 Å². The summed E-state index contributed by atoms with van der Waals surface area (Å²) in [4.78, 5) is 0. The van der Waals surface area contributed by atoms with Crippen LogP contribution in [0.1, 0.15) is 17.5 Å². The quantitative estimate of drug-likeness (QED) is 0.857. The molecule has 88 valence electrons. The summed E-state index contributed by atoms with van der Waals surface area (Å²) in [6.45, 7) is 4.13. The van der Waals surface area contributed by atoms with Gasteiger partial charge in [-0.3, -0.25) is 0 Å². The van der Waals surface area contributed by atoms with Crippen LogP contribution >= 0.6 is 0 Å². The van der Waals surface area contributed by atoms with Gasteiger partial charge in [-0.15, -0.1) is 0 Å². The third-order valence-electron chi connectivity index (χ3n) is 3.11. The van der Waals surface area contributed by atoms with Crippen molar-refractivity contribution < 1.29 is 8.42 Å². The van der Waals surface area contributed by atoms with Crippen molar-refractivity contribution in [1.29, 1.82) is 0 Å². The zero-order chi connectivity index (χ0) is 11.8. The van der Waals surface area contributed by atoms with Crippen molar-refractivity contribution in [3.05, 3.63) is 29.3 Å². The van der Waals surface area contributed by atoms with Crippen LogP contribution in [-0.2, 0) is 9.84 Å². The van der Waals surface area contributed by atoms with E-state index in [1.165, 1.54) is 11.1 Å². The van der Waals surface area contributed by atoms with Crippen LogP contribution in [0.5, 0.6) is 0 Å². The first kappa shape index (κ1) is 11.5. The standard InChI is InChI=1S/C12H17NO2S/c1-9-3-4-11(7-10(9)2)13-12-5-6-16(14,15)8-12/h3-4,7,12-13H,5-6,8H2,1-2H3/t12-/m1/s1. The first-order valence-electron chi connectivity index (χ1n) is 5.50. The maximum absolute atomic E-state index is 11.3. The van der Waals surface area contributed by atoms with Crippen LogP contribution in [0.15, 0.2) is 18.2 Å². The number of anilines is 1. The van der Waals surface area contributed by atoms with Gasteiger partial charge in [-0.25, -0.2) is 8.42 Å². The summed E-state index contributed by atoms with van der Waals surface area (Å²) in [5.74, 6) is 0.579. The fraction of sp³-hybridized carbons (Fsp3) is 0.500. The maximum Gasteiger partial charge on any atom is 0.152 e. The highest BCUT2D eigenvalue weighted by atomic mass is 32.2. The Hall–Kier alpha value is -1.03. The Kier molecular flexibility index (Phi) is 2.93. The predicted molar refractivity (Wildman–Crippen MR) is 66.6 cm³/mol. The number of benzene rings is 1. The second-order valence-electron chi connectivity index (χ2n) is 4.54. The Labute approximate surface area is 96.8 Å². The third-order valence-corrected chi connectivity index (χ3v) is 4.88. The highest BCUT2D eigenvalue weighted by Gasteiger charge is 2.27. The van der Waals surface area contributed by atoms with Crippen molar-refractivity contribution in [1.82, 2.24) is 0 Å². The molecule has 1 aliphatic heterocycles. The minimum atomic E-state index is -2.80. The van der Waals surface area contributed by atoms with Crippen molar-refractivity contribution in [3.63, 3.8) is 0 Å². The largest absolute Gasteiger partial charge is 0.381 e. The molecule has 4 heteroatoms. The molecule has 1 fully saturated rings. The molecule has 1 aromatic carbocycles. The number of nitrogens with one attached hydrogen (secondary N) is 1. The van der Waals surface area contributed by atoms with E-state index in [0.29, 0.717) is 5.75 Å². The van der Waals surface area contributed by atoms with Gasteiger partial charge in [0.15, 0.2) is 9.84 Å². The minimum absolute atomic E-state index is 0.0760. The normalized spacial score (nSPS) is 23.2. The molecule has 0 saturated carbocycles. The summed E-state index contributed by atoms with van der Waals surface area (Å²) < 4.78 is 22.6. The lowest BCUT2D eigenvalue weighted by molar-refractivity contribution is 0.602. The first-order valence-corrected chi connectivity index (χ1v) is 7.33. The van der Waals surface area contributed by atoms with Crippen LogP contribution in [0.2, 0.25) is 0 Å². The highest BCUT2D eigenvalue weighted by Crippen LogP contribution is 2.19. The molecule has 0 amide bonds. The molecule has 2 rings (SSSR count). The monoisotopic (exact) mass is 239 g/mol. The SMILES string of the molecule is Cc1ccc(N[C@@H]2CCS(=O)(=O)C2)cc1C. The molecule has 1 N–H and O–H groups in total. The Morgan fingerprint density at radius 2 is 2.00 bits per heavy atom. The van der Waals surface area contributed by atoms with Gasteiger partial charge in [0.2, 0.25) is 0 Å². The van der Waals surface area contributed by atoms with Gasteiger partial charge in [0.25, 0.3) is 0 Å². The molecular weight excluding hydrogens is 222 g/mol. The minimum Gasteiger partial charge on any atom is -0.381 e. The maximum atomic E-state index is 11.3. The summed E-state index contributed by atoms with van der Waals surface area (Å²) in [5, 5.41) is 3.29. The fourth-order valence-corrected chi connectivity index (χ4v) is 3.65. The van der Waals surface area contributed by atoms with E-state index in [1.54, 1.807) is 0 Å². The Morgan fingerprint density at radius 1 is 1.25 bits per heavy atom. The highest BCUT2D eigenvalue weighted by molar-refractivity contribution is 7.91. The molecular formula is C12H17NO2S. The smallest absolute Gasteiger partial charge is 0.152 e. The molecule has 1 saturated heterocycles. The van der Waals surface area contributed by atoms with Gasteiger partial charge in [-0.1, -0.05) is 6.07 Å². The van der Waals surface area contributed by atoms with E-state index in [1.807, 2.05) is 6.07 Å². The van der Waals surface area contributed by atoms with Crippen molar-refractivity contribution in [3.8, 4) is 0 Å². The average Bonchev–Trinajstić information content (AvgIpc) is 2.52. The Bertz CT molecular complexity index is 494. The second-order valence-corrected chi connectivity index (χ2v) is 6.77. The van der Waals surface area contributed by atoms with Crippen LogP contribution in [0.4, 0.5) is 5.69 Å². The molecule has 1 atom stereocenters. The molecule has 0 spiro atoms. The average molecular weight is 239 g/mol. The Morgan fingerprint density at radius 3 is 2.56 bits per heavy atom. The lowest BCUT2D eigenvalue weighted by atomic mass is 10.1. The van der Waals surface area contributed by atoms with E-state index in [4.69, 9.17) is 0 Å². The van der Waals surface area contributed by atoms with Gasteiger partial charge in [0.1, 0.15) is 0 Å². The molecule has 1 aliphatic rings. The van der Waals surface area contributed by atoms with Gasteiger partial charge in [0, 0.05) is 11.7 Å². The van der Waals surface area contributed by atoms with E-state index >= 15 is 0 Å². The van der Waals surface area contributed by atoms with E-state index < -0.39 is 9.84 Å². The fourth-order valence-electron chi connectivity index (χ4n) is 1.98. The van der Waals surface area contributed by atoms with Crippen molar-refractivity contribution in [2.45, 2.75) is 26.3 Å². The van der Waals surface area contributed by atoms with Crippen LogP contribution < -0.4 is 5.32 Å². The number of sulfone groups is 1. The van der Waals surface area contributed by atoms with E-state index in [2.05, 4.69) is 31.3 Å². The number of aryl methyl sites for hydroxylation is 2. The van der Waals surface area contributed by atoms with Crippen LogP contribution in [0, 0.1) is 13.8 Å². The van der Waals surface area contributed by atoms with E-state index in [-0.39, 0.29) is 11.8 Å². The molecule has 0 radical (unpaired) electrons. The third kappa shape index (κ3) is 2.55. The number of hydrogen-bond acceptors (Lipinski definition) is 3. The molecule has 0 aromatic heterocycles. The van der Waals surface area contributed by atoms with Gasteiger partial charge in [-0.05, 0) is 43.5 Å². The molecule has 3 nitrogen and oxygen atoms in total. The summed E-state index contributed by atoms with van der Waals surface area (Å²) >= 11 is 0. The summed E-state index contributed by atoms with van der Waals surface area (Å²) in [6.07, 6.45) is 0.718. The predicted octanol–water partition coefficient (Wildman–Crippen LogP) is 1.90. The van der Waals surface area contributed by atoms with Crippen molar-refractivity contribution in [2.24, 2.45) is 0 Å². The van der Waals surface area contributed by atoms with Gasteiger partial charge < -0.3 is 5.32 Å². The summed E-state index contributed by atoms with van der Waals surface area (Å²) in [7, 11) is -2.80. The van der Waals surface area contributed by atoms with Gasteiger partial charge >= 0.3 is 0 Å². The molecule has 16 heavy (non-hydrogen) atoms. The van der Waals surface area contributed by atoms with E-state index in [0.717, 1.165) is 12.1 Å². The molecule has 0 aliphatic carbocycles. The van der Waals surface area contributed by atoms with Crippen LogP contribution in [0.3, 0.4) is 0 Å². The second kappa shape index (κ2) is 4.09. The zero-order valence-corrected chi connectivity index (χ0v) is 10.5. The van der Waals surface area contributed by atoms with Crippen molar-refractivity contribution >= 4 is 15.5 Å². The Balaban J connectivity index is 2.08. The van der Waals surface area contributed by atoms with Crippen LogP contribution in [0.25, 0.3) is 0 Å². The van der Waals surface area contributed by atoms with E-state index in [9.17, 15) is 8.42 Å². The first-order chi connectivity index (χ1) is 7.46. The lowest BCUT2D eigenvalue weighted by Gasteiger charge is -2.13. The summed E-state index contributed by atoms with van der Waals surface area (Å²) in [6, 6.07) is 6.21. The zero-order valence-electron chi connectivity index (χ0n) is 9.66. The number of hydrogen-bond donors (Lipinski definition) is 1.